The van der Waals surface area contributed by atoms with Crippen LogP contribution in [0.15, 0.2) is 72.3 Å². The summed E-state index contributed by atoms with van der Waals surface area (Å²) < 4.78 is 6.45. The molecule has 1 aromatic heterocycles. The molecule has 1 amide bonds. The number of aromatic nitrogens is 1. The molecule has 5 rings (SSSR count). The highest BCUT2D eigenvalue weighted by Crippen LogP contribution is 2.46. The van der Waals surface area contributed by atoms with Crippen LogP contribution in [0.2, 0.25) is 5.02 Å². The van der Waals surface area contributed by atoms with E-state index in [1.54, 1.807) is 48.5 Å². The molecule has 1 saturated heterocycles. The Balaban J connectivity index is 1.76. The number of hydrogen-bond donors (Lipinski definition) is 1. The van der Waals surface area contributed by atoms with Crippen LogP contribution in [-0.2, 0) is 9.59 Å². The lowest BCUT2D eigenvalue weighted by atomic mass is 9.95. The number of methoxy groups -OCH3 is 1. The number of Topliss-reactive ketones (excluding diaryl/α,β-unsaturated/α-hetero) is 1. The predicted octanol–water partition coefficient (Wildman–Crippen LogP) is 5.89. The van der Waals surface area contributed by atoms with Gasteiger partial charge in [0.25, 0.3) is 5.78 Å². The summed E-state index contributed by atoms with van der Waals surface area (Å²) in [6.07, 6.45) is 0. The van der Waals surface area contributed by atoms with Gasteiger partial charge < -0.3 is 9.84 Å². The third-order valence-corrected chi connectivity index (χ3v) is 7.00. The van der Waals surface area contributed by atoms with Gasteiger partial charge in [0.2, 0.25) is 0 Å². The molecular weight excluding hydrogens is 472 g/mol. The Kier molecular flexibility index (Phi) is 5.59. The van der Waals surface area contributed by atoms with Gasteiger partial charge in [-0.1, -0.05) is 47.2 Å². The number of anilines is 1. The highest BCUT2D eigenvalue weighted by molar-refractivity contribution is 7.22. The lowest BCUT2D eigenvalue weighted by Crippen LogP contribution is -2.29. The van der Waals surface area contributed by atoms with Crippen molar-refractivity contribution >= 4 is 55.7 Å². The molecule has 34 heavy (non-hydrogen) atoms. The molecule has 1 aliphatic rings. The van der Waals surface area contributed by atoms with E-state index in [1.165, 1.54) is 23.3 Å². The van der Waals surface area contributed by atoms with Crippen LogP contribution in [0.1, 0.15) is 22.7 Å². The summed E-state index contributed by atoms with van der Waals surface area (Å²) in [4.78, 5) is 32.7. The minimum atomic E-state index is -0.923. The molecule has 1 aliphatic heterocycles. The van der Waals surface area contributed by atoms with Gasteiger partial charge in [0.15, 0.2) is 5.13 Å². The number of aliphatic hydroxyl groups excluding tert-OH is 1. The predicted molar refractivity (Wildman–Crippen MR) is 134 cm³/mol. The van der Waals surface area contributed by atoms with E-state index in [1.807, 2.05) is 25.1 Å². The topological polar surface area (TPSA) is 79.7 Å². The minimum absolute atomic E-state index is 0.0349. The second-order valence-electron chi connectivity index (χ2n) is 7.89. The van der Waals surface area contributed by atoms with Crippen molar-refractivity contribution in [1.29, 1.82) is 0 Å². The number of fused-ring (bicyclic) bond motifs is 1. The maximum absolute atomic E-state index is 13.4. The molecule has 3 aromatic carbocycles. The monoisotopic (exact) mass is 490 g/mol. The van der Waals surface area contributed by atoms with Gasteiger partial charge in [0.1, 0.15) is 17.6 Å². The quantitative estimate of drug-likeness (QED) is 0.219. The SMILES string of the molecule is COc1ccccc1[C@H]1/C(=C(\O)c2ccc(Cl)cc2)C(=O)C(=O)N1c1nc2ccc(C)cc2s1. The maximum Gasteiger partial charge on any atom is 0.301 e. The number of aliphatic hydroxyl groups is 1. The largest absolute Gasteiger partial charge is 0.507 e. The van der Waals surface area contributed by atoms with Crippen LogP contribution in [0.5, 0.6) is 5.75 Å². The van der Waals surface area contributed by atoms with E-state index in [-0.39, 0.29) is 11.3 Å². The van der Waals surface area contributed by atoms with E-state index in [9.17, 15) is 14.7 Å². The standard InChI is InChI=1S/C26H19ClN2O4S/c1-14-7-12-18-20(13-14)34-26(28-18)29-22(17-5-3-4-6-19(17)33-2)21(24(31)25(29)32)23(30)15-8-10-16(27)11-9-15/h3-13,22,30H,1-2H3/b23-21+/t22-/m0/s1. The third kappa shape index (κ3) is 3.63. The fourth-order valence-electron chi connectivity index (χ4n) is 4.10. The molecule has 1 fully saturated rings. The summed E-state index contributed by atoms with van der Waals surface area (Å²) in [5.41, 5.74) is 2.70. The van der Waals surface area contributed by atoms with Crippen molar-refractivity contribution in [3.8, 4) is 5.75 Å². The van der Waals surface area contributed by atoms with Gasteiger partial charge in [0.05, 0.1) is 22.9 Å². The highest BCUT2D eigenvalue weighted by Gasteiger charge is 2.49. The lowest BCUT2D eigenvalue weighted by Gasteiger charge is -2.24. The lowest BCUT2D eigenvalue weighted by molar-refractivity contribution is -0.132. The number of rotatable bonds is 4. The Labute approximate surface area is 204 Å². The summed E-state index contributed by atoms with van der Waals surface area (Å²) in [6, 6.07) is 18.4. The third-order valence-electron chi connectivity index (χ3n) is 5.73. The second-order valence-corrected chi connectivity index (χ2v) is 9.33. The molecule has 0 radical (unpaired) electrons. The fraction of sp³-hybridized carbons (Fsp3) is 0.115. The van der Waals surface area contributed by atoms with Crippen molar-refractivity contribution in [2.24, 2.45) is 0 Å². The fourth-order valence-corrected chi connectivity index (χ4v) is 5.32. The van der Waals surface area contributed by atoms with Crippen molar-refractivity contribution in [3.63, 3.8) is 0 Å². The van der Waals surface area contributed by atoms with Gasteiger partial charge in [-0.2, -0.15) is 0 Å². The van der Waals surface area contributed by atoms with Gasteiger partial charge >= 0.3 is 5.91 Å². The van der Waals surface area contributed by atoms with Crippen molar-refractivity contribution in [1.82, 2.24) is 4.98 Å². The molecule has 0 bridgehead atoms. The zero-order chi connectivity index (χ0) is 24.0. The van der Waals surface area contributed by atoms with E-state index >= 15 is 0 Å². The summed E-state index contributed by atoms with van der Waals surface area (Å²) in [6.45, 7) is 1.98. The van der Waals surface area contributed by atoms with Gasteiger partial charge in [-0.3, -0.25) is 14.5 Å². The number of ether oxygens (including phenoxy) is 1. The first kappa shape index (κ1) is 22.1. The smallest absolute Gasteiger partial charge is 0.301 e. The van der Waals surface area contributed by atoms with Crippen LogP contribution in [0.25, 0.3) is 16.0 Å². The number of nitrogens with zero attached hydrogens (tertiary/aromatic N) is 2. The Bertz CT molecular complexity index is 1480. The number of thiazole rings is 1. The molecule has 0 unspecified atom stereocenters. The number of carbonyl (C=O) groups excluding carboxylic acids is 2. The molecule has 6 nitrogen and oxygen atoms in total. The zero-order valence-electron chi connectivity index (χ0n) is 18.3. The van der Waals surface area contributed by atoms with Crippen LogP contribution in [0.3, 0.4) is 0 Å². The second kappa shape index (κ2) is 8.59. The zero-order valence-corrected chi connectivity index (χ0v) is 19.9. The van der Waals surface area contributed by atoms with Crippen LogP contribution in [0, 0.1) is 6.92 Å². The number of carbonyl (C=O) groups is 2. The number of benzene rings is 3. The Morgan fingerprint density at radius 3 is 2.56 bits per heavy atom. The van der Waals surface area contributed by atoms with Gasteiger partial charge in [0, 0.05) is 16.1 Å². The van der Waals surface area contributed by atoms with Crippen LogP contribution in [0.4, 0.5) is 5.13 Å². The van der Waals surface area contributed by atoms with E-state index in [4.69, 9.17) is 16.3 Å². The number of aryl methyl sites for hydroxylation is 1. The molecular formula is C26H19ClN2O4S. The maximum atomic E-state index is 13.4. The number of halogens is 1. The Hall–Kier alpha value is -3.68. The average Bonchev–Trinajstić information content (AvgIpc) is 3.36. The average molecular weight is 491 g/mol. The van der Waals surface area contributed by atoms with Crippen LogP contribution >= 0.6 is 22.9 Å². The normalized spacial score (nSPS) is 17.5. The van der Waals surface area contributed by atoms with E-state index in [0.717, 1.165) is 15.8 Å². The summed E-state index contributed by atoms with van der Waals surface area (Å²) in [5, 5.41) is 12.1. The molecule has 8 heteroatoms. The molecule has 0 spiro atoms. The molecule has 0 aliphatic carbocycles. The molecule has 0 saturated carbocycles. The molecule has 2 heterocycles. The summed E-state index contributed by atoms with van der Waals surface area (Å²) in [5.74, 6) is -1.36. The Morgan fingerprint density at radius 2 is 1.82 bits per heavy atom. The molecule has 1 atom stereocenters. The minimum Gasteiger partial charge on any atom is -0.507 e. The first-order valence-corrected chi connectivity index (χ1v) is 11.7. The van der Waals surface area contributed by atoms with E-state index in [2.05, 4.69) is 4.98 Å². The van der Waals surface area contributed by atoms with Crippen molar-refractivity contribution in [3.05, 3.63) is 94.0 Å². The van der Waals surface area contributed by atoms with Crippen LogP contribution in [-0.4, -0.2) is 28.9 Å². The van der Waals surface area contributed by atoms with Gasteiger partial charge in [-0.15, -0.1) is 0 Å². The number of ketones is 1. The first-order chi connectivity index (χ1) is 16.4. The number of hydrogen-bond acceptors (Lipinski definition) is 6. The number of amides is 1. The van der Waals surface area contributed by atoms with Crippen LogP contribution < -0.4 is 9.64 Å². The molecule has 170 valence electrons. The summed E-state index contributed by atoms with van der Waals surface area (Å²) in [7, 11) is 1.52. The van der Waals surface area contributed by atoms with Crippen molar-refractivity contribution < 1.29 is 19.4 Å². The van der Waals surface area contributed by atoms with E-state index < -0.39 is 17.7 Å². The van der Waals surface area contributed by atoms with Crippen molar-refractivity contribution in [2.45, 2.75) is 13.0 Å². The van der Waals surface area contributed by atoms with Gasteiger partial charge in [-0.25, -0.2) is 4.98 Å². The summed E-state index contributed by atoms with van der Waals surface area (Å²) >= 11 is 7.31. The Morgan fingerprint density at radius 1 is 1.09 bits per heavy atom. The van der Waals surface area contributed by atoms with E-state index in [0.29, 0.717) is 27.0 Å². The number of para-hydroxylation sites is 1. The first-order valence-electron chi connectivity index (χ1n) is 10.5. The van der Waals surface area contributed by atoms with Crippen molar-refractivity contribution in [2.75, 3.05) is 12.0 Å². The molecule has 4 aromatic rings. The molecule has 1 N–H and O–H groups in total. The highest BCUT2D eigenvalue weighted by atomic mass is 35.5. The van der Waals surface area contributed by atoms with Gasteiger partial charge in [-0.05, 0) is 55.0 Å².